The van der Waals surface area contributed by atoms with E-state index >= 15 is 0 Å². The number of hydrogen-bond acceptors (Lipinski definition) is 4. The summed E-state index contributed by atoms with van der Waals surface area (Å²) in [7, 11) is 0. The number of benzene rings is 2. The van der Waals surface area contributed by atoms with Gasteiger partial charge in [0.15, 0.2) is 0 Å². The fraction of sp³-hybridized carbons (Fsp3) is 0.263. The van der Waals surface area contributed by atoms with Gasteiger partial charge in [-0.3, -0.25) is 4.79 Å². The third-order valence-electron chi connectivity index (χ3n) is 4.35. The van der Waals surface area contributed by atoms with E-state index in [1.807, 2.05) is 18.2 Å². The third kappa shape index (κ3) is 4.09. The number of amides is 1. The SMILES string of the molecule is CCC(CC(N)=O)Cc1ccc(-c2ccccc2)c(-c2nn[nH]n2)c1. The van der Waals surface area contributed by atoms with Crippen molar-refractivity contribution in [2.75, 3.05) is 0 Å². The molecule has 3 aromatic rings. The zero-order chi connectivity index (χ0) is 17.6. The minimum Gasteiger partial charge on any atom is -0.370 e. The molecule has 0 aliphatic rings. The van der Waals surface area contributed by atoms with Crippen LogP contribution in [0.4, 0.5) is 0 Å². The van der Waals surface area contributed by atoms with Crippen molar-refractivity contribution in [1.82, 2.24) is 20.6 Å². The first-order chi connectivity index (χ1) is 12.2. The van der Waals surface area contributed by atoms with Gasteiger partial charge in [-0.1, -0.05) is 55.8 Å². The van der Waals surface area contributed by atoms with E-state index in [4.69, 9.17) is 5.73 Å². The second-order valence-corrected chi connectivity index (χ2v) is 6.13. The van der Waals surface area contributed by atoms with Gasteiger partial charge in [-0.2, -0.15) is 5.21 Å². The van der Waals surface area contributed by atoms with E-state index in [0.29, 0.717) is 12.2 Å². The molecule has 0 saturated carbocycles. The molecule has 3 rings (SSSR count). The Kier molecular flexibility index (Phi) is 5.18. The highest BCUT2D eigenvalue weighted by Gasteiger charge is 2.15. The fourth-order valence-corrected chi connectivity index (χ4v) is 3.03. The summed E-state index contributed by atoms with van der Waals surface area (Å²) in [6.45, 7) is 2.08. The number of carbonyl (C=O) groups excluding carboxylic acids is 1. The Morgan fingerprint density at radius 3 is 2.60 bits per heavy atom. The number of nitrogens with zero attached hydrogens (tertiary/aromatic N) is 3. The highest BCUT2D eigenvalue weighted by molar-refractivity contribution is 5.80. The lowest BCUT2D eigenvalue weighted by atomic mass is 9.90. The summed E-state index contributed by atoms with van der Waals surface area (Å²) >= 11 is 0. The van der Waals surface area contributed by atoms with Gasteiger partial charge in [0.05, 0.1) is 0 Å². The third-order valence-corrected chi connectivity index (χ3v) is 4.35. The van der Waals surface area contributed by atoms with Crippen molar-refractivity contribution in [3.8, 4) is 22.5 Å². The summed E-state index contributed by atoms with van der Waals surface area (Å²) in [6, 6.07) is 16.4. The van der Waals surface area contributed by atoms with Crippen LogP contribution in [0.15, 0.2) is 48.5 Å². The topological polar surface area (TPSA) is 97.5 Å². The number of aromatic amines is 1. The Morgan fingerprint density at radius 2 is 1.96 bits per heavy atom. The van der Waals surface area contributed by atoms with E-state index in [-0.39, 0.29) is 11.8 Å². The average molecular weight is 335 g/mol. The molecule has 0 radical (unpaired) electrons. The first-order valence-electron chi connectivity index (χ1n) is 8.37. The molecule has 1 unspecified atom stereocenters. The number of primary amides is 1. The molecule has 6 heteroatoms. The van der Waals surface area contributed by atoms with Crippen LogP contribution in [0.25, 0.3) is 22.5 Å². The fourth-order valence-electron chi connectivity index (χ4n) is 3.03. The molecule has 0 aliphatic carbocycles. The maximum atomic E-state index is 11.2. The van der Waals surface area contributed by atoms with Crippen LogP contribution in [-0.2, 0) is 11.2 Å². The van der Waals surface area contributed by atoms with Crippen molar-refractivity contribution >= 4 is 5.91 Å². The molecule has 1 amide bonds. The molecule has 25 heavy (non-hydrogen) atoms. The van der Waals surface area contributed by atoms with Crippen molar-refractivity contribution in [1.29, 1.82) is 0 Å². The molecule has 0 aliphatic heterocycles. The van der Waals surface area contributed by atoms with Gasteiger partial charge in [-0.25, -0.2) is 0 Å². The van der Waals surface area contributed by atoms with Crippen LogP contribution in [0.5, 0.6) is 0 Å². The predicted molar refractivity (Wildman–Crippen MR) is 96.3 cm³/mol. The van der Waals surface area contributed by atoms with Crippen molar-refractivity contribution in [3.05, 3.63) is 54.1 Å². The first kappa shape index (κ1) is 16.8. The van der Waals surface area contributed by atoms with Gasteiger partial charge in [0.1, 0.15) is 0 Å². The summed E-state index contributed by atoms with van der Waals surface area (Å²) in [4.78, 5) is 11.2. The Bertz CT molecular complexity index is 830. The summed E-state index contributed by atoms with van der Waals surface area (Å²) < 4.78 is 0. The molecule has 1 heterocycles. The van der Waals surface area contributed by atoms with Gasteiger partial charge in [0.25, 0.3) is 0 Å². The smallest absolute Gasteiger partial charge is 0.217 e. The Labute approximate surface area is 146 Å². The van der Waals surface area contributed by atoms with Crippen LogP contribution >= 0.6 is 0 Å². The van der Waals surface area contributed by atoms with Crippen LogP contribution in [0.1, 0.15) is 25.3 Å². The number of nitrogens with two attached hydrogens (primary N) is 1. The number of H-pyrrole nitrogens is 1. The lowest BCUT2D eigenvalue weighted by Crippen LogP contribution is -2.17. The van der Waals surface area contributed by atoms with E-state index in [1.54, 1.807) is 0 Å². The summed E-state index contributed by atoms with van der Waals surface area (Å²) in [5.41, 5.74) is 9.56. The Morgan fingerprint density at radius 1 is 1.16 bits per heavy atom. The quantitative estimate of drug-likeness (QED) is 0.693. The molecule has 128 valence electrons. The molecular formula is C19H21N5O. The normalized spacial score (nSPS) is 12.0. The summed E-state index contributed by atoms with van der Waals surface area (Å²) in [6.07, 6.45) is 2.09. The van der Waals surface area contributed by atoms with E-state index < -0.39 is 0 Å². The standard InChI is InChI=1S/C19H21N5O/c1-2-13(12-18(20)25)10-14-8-9-16(15-6-4-3-5-7-15)17(11-14)19-21-23-24-22-19/h3-9,11,13H,2,10,12H2,1H3,(H2,20,25)(H,21,22,23,24). The maximum Gasteiger partial charge on any atom is 0.217 e. The van der Waals surface area contributed by atoms with E-state index in [2.05, 4.69) is 57.9 Å². The number of hydrogen-bond donors (Lipinski definition) is 2. The second kappa shape index (κ2) is 7.70. The largest absolute Gasteiger partial charge is 0.370 e. The minimum atomic E-state index is -0.258. The molecule has 0 spiro atoms. The van der Waals surface area contributed by atoms with Crippen LogP contribution in [0.2, 0.25) is 0 Å². The molecule has 0 bridgehead atoms. The van der Waals surface area contributed by atoms with Gasteiger partial charge < -0.3 is 5.73 Å². The summed E-state index contributed by atoms with van der Waals surface area (Å²) in [5.74, 6) is 0.535. The van der Waals surface area contributed by atoms with E-state index in [1.165, 1.54) is 0 Å². The first-order valence-corrected chi connectivity index (χ1v) is 8.37. The number of aromatic nitrogens is 4. The van der Waals surface area contributed by atoms with Crippen molar-refractivity contribution < 1.29 is 4.79 Å². The number of nitrogens with one attached hydrogen (secondary N) is 1. The predicted octanol–water partition coefficient (Wildman–Crippen LogP) is 2.98. The van der Waals surface area contributed by atoms with Crippen LogP contribution in [0, 0.1) is 5.92 Å². The molecule has 1 aromatic heterocycles. The lowest BCUT2D eigenvalue weighted by molar-refractivity contribution is -0.118. The number of rotatable bonds is 7. The number of tetrazole rings is 1. The second-order valence-electron chi connectivity index (χ2n) is 6.13. The molecular weight excluding hydrogens is 314 g/mol. The maximum absolute atomic E-state index is 11.2. The van der Waals surface area contributed by atoms with E-state index in [0.717, 1.165) is 35.1 Å². The average Bonchev–Trinajstić information content (AvgIpc) is 3.16. The molecule has 3 N–H and O–H groups in total. The Balaban J connectivity index is 1.98. The highest BCUT2D eigenvalue weighted by Crippen LogP contribution is 2.31. The van der Waals surface area contributed by atoms with Gasteiger partial charge in [-0.05, 0) is 40.3 Å². The molecule has 1 atom stereocenters. The number of carbonyl (C=O) groups is 1. The molecule has 0 fully saturated rings. The van der Waals surface area contributed by atoms with Crippen molar-refractivity contribution in [2.24, 2.45) is 11.7 Å². The molecule has 6 nitrogen and oxygen atoms in total. The molecule has 2 aromatic carbocycles. The monoisotopic (exact) mass is 335 g/mol. The van der Waals surface area contributed by atoms with Gasteiger partial charge in [0, 0.05) is 12.0 Å². The zero-order valence-corrected chi connectivity index (χ0v) is 14.1. The van der Waals surface area contributed by atoms with Crippen LogP contribution < -0.4 is 5.73 Å². The van der Waals surface area contributed by atoms with Crippen molar-refractivity contribution in [2.45, 2.75) is 26.2 Å². The lowest BCUT2D eigenvalue weighted by Gasteiger charge is -2.15. The van der Waals surface area contributed by atoms with Gasteiger partial charge in [-0.15, -0.1) is 10.2 Å². The van der Waals surface area contributed by atoms with E-state index in [9.17, 15) is 4.79 Å². The summed E-state index contributed by atoms with van der Waals surface area (Å²) in [5, 5.41) is 14.5. The molecule has 0 saturated heterocycles. The Hall–Kier alpha value is -3.02. The van der Waals surface area contributed by atoms with Gasteiger partial charge in [0.2, 0.25) is 11.7 Å². The van der Waals surface area contributed by atoms with Gasteiger partial charge >= 0.3 is 0 Å². The van der Waals surface area contributed by atoms with Crippen molar-refractivity contribution in [3.63, 3.8) is 0 Å². The van der Waals surface area contributed by atoms with Crippen LogP contribution in [-0.4, -0.2) is 26.5 Å². The highest BCUT2D eigenvalue weighted by atomic mass is 16.1. The minimum absolute atomic E-state index is 0.234. The zero-order valence-electron chi connectivity index (χ0n) is 14.1. The van der Waals surface area contributed by atoms with Crippen LogP contribution in [0.3, 0.4) is 0 Å².